The summed E-state index contributed by atoms with van der Waals surface area (Å²) in [7, 11) is 0. The van der Waals surface area contributed by atoms with E-state index in [1.165, 1.54) is 39.8 Å². The predicted molar refractivity (Wildman–Crippen MR) is 74.7 cm³/mol. The van der Waals surface area contributed by atoms with Crippen LogP contribution in [0.25, 0.3) is 0 Å². The predicted octanol–water partition coefficient (Wildman–Crippen LogP) is 3.67. The molecule has 0 radical (unpaired) electrons. The highest BCUT2D eigenvalue weighted by Gasteiger charge is 2.21. The van der Waals surface area contributed by atoms with Crippen molar-refractivity contribution < 1.29 is 4.48 Å². The largest absolute Gasteiger partial charge is 0.321 e. The maximum Gasteiger partial charge on any atom is 0.105 e. The van der Waals surface area contributed by atoms with Crippen molar-refractivity contribution in [3.8, 4) is 0 Å². The van der Waals surface area contributed by atoms with Crippen molar-refractivity contribution in [3.05, 3.63) is 33.4 Å². The Bertz CT molecular complexity index is 297. The molecule has 0 atom stereocenters. The number of hydrogen-bond donors (Lipinski definition) is 0. The van der Waals surface area contributed by atoms with Crippen LogP contribution in [0.15, 0.2) is 24.3 Å². The summed E-state index contributed by atoms with van der Waals surface area (Å²) < 4.78 is 2.59. The summed E-state index contributed by atoms with van der Waals surface area (Å²) in [5.74, 6) is 0. The summed E-state index contributed by atoms with van der Waals surface area (Å²) in [4.78, 5) is 0. The van der Waals surface area contributed by atoms with Crippen LogP contribution >= 0.6 is 22.6 Å². The number of quaternary nitrogens is 1. The third kappa shape index (κ3) is 3.18. The van der Waals surface area contributed by atoms with Gasteiger partial charge < -0.3 is 4.48 Å². The Hall–Kier alpha value is -0.0900. The molecule has 0 saturated heterocycles. The highest BCUT2D eigenvalue weighted by atomic mass is 127. The average molecular weight is 318 g/mol. The molecule has 0 unspecified atom stereocenters. The lowest BCUT2D eigenvalue weighted by molar-refractivity contribution is -0.936. The molecule has 0 amide bonds. The minimum atomic E-state index is 1.17. The van der Waals surface area contributed by atoms with Gasteiger partial charge in [-0.25, -0.2) is 0 Å². The van der Waals surface area contributed by atoms with Crippen LogP contribution in [0.3, 0.4) is 0 Å². The van der Waals surface area contributed by atoms with Crippen molar-refractivity contribution in [2.45, 2.75) is 27.3 Å². The van der Waals surface area contributed by atoms with E-state index >= 15 is 0 Å². The van der Waals surface area contributed by atoms with Gasteiger partial charge >= 0.3 is 0 Å². The first-order valence-corrected chi connectivity index (χ1v) is 6.83. The third-order valence-electron chi connectivity index (χ3n) is 3.48. The van der Waals surface area contributed by atoms with Gasteiger partial charge in [0, 0.05) is 9.13 Å². The molecule has 0 aliphatic rings. The molecule has 1 aromatic rings. The SMILES string of the molecule is CC[N+](CC)(CC)Cc1ccccc1I. The Morgan fingerprint density at radius 2 is 1.53 bits per heavy atom. The molecule has 1 rings (SSSR count). The van der Waals surface area contributed by atoms with Crippen molar-refractivity contribution in [1.29, 1.82) is 0 Å². The van der Waals surface area contributed by atoms with Gasteiger partial charge in [0.25, 0.3) is 0 Å². The maximum absolute atomic E-state index is 2.44. The normalized spacial score (nSPS) is 11.7. The van der Waals surface area contributed by atoms with Gasteiger partial charge in [-0.1, -0.05) is 18.2 Å². The smallest absolute Gasteiger partial charge is 0.105 e. The molecular formula is C13H21IN+. The quantitative estimate of drug-likeness (QED) is 0.574. The monoisotopic (exact) mass is 318 g/mol. The Balaban J connectivity index is 2.88. The first-order valence-electron chi connectivity index (χ1n) is 5.76. The van der Waals surface area contributed by atoms with Crippen molar-refractivity contribution in [2.75, 3.05) is 19.6 Å². The van der Waals surface area contributed by atoms with E-state index in [-0.39, 0.29) is 0 Å². The van der Waals surface area contributed by atoms with E-state index in [1.807, 2.05) is 0 Å². The molecule has 0 heterocycles. The minimum absolute atomic E-state index is 1.17. The van der Waals surface area contributed by atoms with Gasteiger partial charge in [-0.05, 0) is 49.4 Å². The van der Waals surface area contributed by atoms with Gasteiger partial charge in [0.15, 0.2) is 0 Å². The summed E-state index contributed by atoms with van der Waals surface area (Å²) in [6.45, 7) is 11.7. The molecule has 0 N–H and O–H groups in total. The zero-order valence-electron chi connectivity index (χ0n) is 9.96. The van der Waals surface area contributed by atoms with E-state index in [4.69, 9.17) is 0 Å². The number of nitrogens with zero attached hydrogens (tertiary/aromatic N) is 1. The van der Waals surface area contributed by atoms with Crippen molar-refractivity contribution >= 4 is 22.6 Å². The molecule has 0 saturated carbocycles. The lowest BCUT2D eigenvalue weighted by atomic mass is 10.2. The standard InChI is InChI=1S/C13H21IN/c1-4-15(5-2,6-3)11-12-9-7-8-10-13(12)14/h7-10H,4-6,11H2,1-3H3/q+1. The highest BCUT2D eigenvalue weighted by Crippen LogP contribution is 2.18. The van der Waals surface area contributed by atoms with E-state index in [0.29, 0.717) is 0 Å². The van der Waals surface area contributed by atoms with Crippen LogP contribution in [-0.4, -0.2) is 24.1 Å². The zero-order valence-corrected chi connectivity index (χ0v) is 12.1. The Morgan fingerprint density at radius 3 is 2.00 bits per heavy atom. The van der Waals surface area contributed by atoms with Crippen LogP contribution < -0.4 is 0 Å². The second-order valence-corrected chi connectivity index (χ2v) is 5.20. The third-order valence-corrected chi connectivity index (χ3v) is 4.53. The van der Waals surface area contributed by atoms with Crippen molar-refractivity contribution in [3.63, 3.8) is 0 Å². The van der Waals surface area contributed by atoms with Crippen LogP contribution in [0.1, 0.15) is 26.3 Å². The number of halogens is 1. The second-order valence-electron chi connectivity index (χ2n) is 4.04. The molecule has 0 fully saturated rings. The molecule has 0 aliphatic carbocycles. The number of rotatable bonds is 5. The van der Waals surface area contributed by atoms with Crippen molar-refractivity contribution in [1.82, 2.24) is 0 Å². The molecule has 1 nitrogen and oxygen atoms in total. The molecule has 0 aromatic heterocycles. The summed E-state index contributed by atoms with van der Waals surface area (Å²) >= 11 is 2.44. The van der Waals surface area contributed by atoms with E-state index in [2.05, 4.69) is 67.6 Å². The topological polar surface area (TPSA) is 0 Å². The summed E-state index contributed by atoms with van der Waals surface area (Å²) in [5.41, 5.74) is 1.49. The van der Waals surface area contributed by atoms with Crippen LogP contribution in [0.5, 0.6) is 0 Å². The van der Waals surface area contributed by atoms with Gasteiger partial charge in [0.05, 0.1) is 19.6 Å². The second kappa shape index (κ2) is 5.85. The van der Waals surface area contributed by atoms with Gasteiger partial charge in [0.1, 0.15) is 6.54 Å². The zero-order chi connectivity index (χ0) is 11.3. The maximum atomic E-state index is 2.44. The Labute approximate surface area is 107 Å². The molecule has 2 heteroatoms. The Morgan fingerprint density at radius 1 is 1.00 bits per heavy atom. The van der Waals surface area contributed by atoms with E-state index < -0.39 is 0 Å². The first-order chi connectivity index (χ1) is 7.17. The van der Waals surface area contributed by atoms with Gasteiger partial charge in [0.2, 0.25) is 0 Å². The lowest BCUT2D eigenvalue weighted by Crippen LogP contribution is -2.46. The Kier molecular flexibility index (Phi) is 5.06. The molecule has 84 valence electrons. The average Bonchev–Trinajstić information content (AvgIpc) is 2.29. The summed E-state index contributed by atoms with van der Waals surface area (Å²) in [6.07, 6.45) is 0. The summed E-state index contributed by atoms with van der Waals surface area (Å²) in [5, 5.41) is 0. The molecule has 0 aliphatic heterocycles. The highest BCUT2D eigenvalue weighted by molar-refractivity contribution is 14.1. The lowest BCUT2D eigenvalue weighted by Gasteiger charge is -2.36. The minimum Gasteiger partial charge on any atom is -0.321 e. The van der Waals surface area contributed by atoms with Crippen molar-refractivity contribution in [2.24, 2.45) is 0 Å². The van der Waals surface area contributed by atoms with Crippen LogP contribution in [-0.2, 0) is 6.54 Å². The molecule has 0 bridgehead atoms. The molecule has 15 heavy (non-hydrogen) atoms. The molecule has 0 spiro atoms. The van der Waals surface area contributed by atoms with Crippen LogP contribution in [0.4, 0.5) is 0 Å². The molecule has 1 aromatic carbocycles. The number of hydrogen-bond acceptors (Lipinski definition) is 0. The fourth-order valence-corrected chi connectivity index (χ4v) is 2.55. The van der Waals surface area contributed by atoms with Gasteiger partial charge in [-0.15, -0.1) is 0 Å². The van der Waals surface area contributed by atoms with Gasteiger partial charge in [-0.3, -0.25) is 0 Å². The van der Waals surface area contributed by atoms with E-state index in [9.17, 15) is 0 Å². The van der Waals surface area contributed by atoms with Gasteiger partial charge in [-0.2, -0.15) is 0 Å². The van der Waals surface area contributed by atoms with Crippen LogP contribution in [0, 0.1) is 3.57 Å². The fraction of sp³-hybridized carbons (Fsp3) is 0.538. The van der Waals surface area contributed by atoms with E-state index in [1.54, 1.807) is 0 Å². The number of benzene rings is 1. The molecular weight excluding hydrogens is 297 g/mol. The van der Waals surface area contributed by atoms with Crippen LogP contribution in [0.2, 0.25) is 0 Å². The fourth-order valence-electron chi connectivity index (χ4n) is 1.99. The van der Waals surface area contributed by atoms with E-state index in [0.717, 1.165) is 0 Å². The summed E-state index contributed by atoms with van der Waals surface area (Å²) in [6, 6.07) is 8.72. The first kappa shape index (κ1) is 13.0.